The molecule has 4 nitrogen and oxygen atoms in total. The highest BCUT2D eigenvalue weighted by atomic mass is 15.6. The average Bonchev–Trinajstić information content (AvgIpc) is 3.17. The third kappa shape index (κ3) is 4.13. The summed E-state index contributed by atoms with van der Waals surface area (Å²) < 4.78 is 2.44. The quantitative estimate of drug-likeness (QED) is 0.196. The Morgan fingerprint density at radius 3 is 2.25 bits per heavy atom. The summed E-state index contributed by atoms with van der Waals surface area (Å²) in [4.78, 5) is 0. The van der Waals surface area contributed by atoms with E-state index in [1.165, 1.54) is 32.5 Å². The molecule has 0 aliphatic heterocycles. The van der Waals surface area contributed by atoms with Gasteiger partial charge in [-0.3, -0.25) is 0 Å². The Hall–Kier alpha value is -3.89. The molecule has 4 heteroatoms. The van der Waals surface area contributed by atoms with Crippen molar-refractivity contribution in [3.05, 3.63) is 114 Å². The van der Waals surface area contributed by atoms with Crippen molar-refractivity contribution in [2.75, 3.05) is 5.12 Å². The van der Waals surface area contributed by atoms with Crippen LogP contribution < -0.4 is 11.0 Å². The Kier molecular flexibility index (Phi) is 5.69. The first-order valence-corrected chi connectivity index (χ1v) is 11.0. The summed E-state index contributed by atoms with van der Waals surface area (Å²) in [7, 11) is 0. The highest BCUT2D eigenvalue weighted by molar-refractivity contribution is 6.09. The van der Waals surface area contributed by atoms with Crippen LogP contribution in [0.4, 0.5) is 5.69 Å². The molecule has 0 saturated carbocycles. The van der Waals surface area contributed by atoms with Gasteiger partial charge in [0, 0.05) is 28.4 Å². The van der Waals surface area contributed by atoms with Crippen LogP contribution in [0.2, 0.25) is 0 Å². The highest BCUT2D eigenvalue weighted by Gasteiger charge is 2.10. The number of para-hydroxylation sites is 2. The van der Waals surface area contributed by atoms with Crippen LogP contribution in [0.3, 0.4) is 0 Å². The lowest BCUT2D eigenvalue weighted by atomic mass is 10.1. The first-order chi connectivity index (χ1) is 15.8. The van der Waals surface area contributed by atoms with Gasteiger partial charge in [-0.15, -0.1) is 0 Å². The molecule has 0 atom stereocenters. The van der Waals surface area contributed by atoms with Crippen LogP contribution in [0.5, 0.6) is 0 Å². The molecule has 32 heavy (non-hydrogen) atoms. The molecule has 4 aromatic carbocycles. The van der Waals surface area contributed by atoms with Gasteiger partial charge >= 0.3 is 0 Å². The fourth-order valence-electron chi connectivity index (χ4n) is 4.25. The smallest absolute Gasteiger partial charge is 0.0776 e. The van der Waals surface area contributed by atoms with Gasteiger partial charge in [-0.25, -0.2) is 5.84 Å². The number of hydrogen-bond acceptors (Lipinski definition) is 3. The Morgan fingerprint density at radius 1 is 0.750 bits per heavy atom. The second-order valence-electron chi connectivity index (χ2n) is 7.96. The summed E-state index contributed by atoms with van der Waals surface area (Å²) in [5, 5.41) is 8.33. The van der Waals surface area contributed by atoms with E-state index in [1.54, 1.807) is 0 Å². The fraction of sp³-hybridized carbons (Fsp3) is 0.107. The first-order valence-electron chi connectivity index (χ1n) is 11.0. The van der Waals surface area contributed by atoms with Gasteiger partial charge < -0.3 is 4.57 Å². The number of hydrazone groups is 1. The molecule has 0 amide bonds. The molecule has 1 aromatic heterocycles. The molecule has 1 heterocycles. The van der Waals surface area contributed by atoms with E-state index in [0.29, 0.717) is 0 Å². The van der Waals surface area contributed by atoms with Crippen molar-refractivity contribution in [2.24, 2.45) is 10.9 Å². The first kappa shape index (κ1) is 20.0. The van der Waals surface area contributed by atoms with Crippen LogP contribution in [0.1, 0.15) is 17.5 Å². The monoisotopic (exact) mass is 418 g/mol. The Balaban J connectivity index is 1.43. The third-order valence-electron chi connectivity index (χ3n) is 5.84. The zero-order valence-electron chi connectivity index (χ0n) is 17.9. The average molecular weight is 419 g/mol. The second-order valence-corrected chi connectivity index (χ2v) is 7.96. The standard InChI is InChI=1S/C28H26N4/c29-32(24-13-5-2-6-14-24)30-21-23-17-18-28-26(20-23)25-15-7-8-16-27(25)31(28)19-9-12-22-10-3-1-4-11-22/h1-8,10-11,13-18,20-21H,9,12,19,29H2/b30-21+. The largest absolute Gasteiger partial charge is 0.340 e. The van der Waals surface area contributed by atoms with Crippen molar-refractivity contribution in [3.63, 3.8) is 0 Å². The highest BCUT2D eigenvalue weighted by Crippen LogP contribution is 2.30. The molecule has 5 rings (SSSR count). The summed E-state index contributed by atoms with van der Waals surface area (Å²) in [5.41, 5.74) is 5.78. The summed E-state index contributed by atoms with van der Waals surface area (Å²) in [6, 6.07) is 35.6. The summed E-state index contributed by atoms with van der Waals surface area (Å²) >= 11 is 0. The van der Waals surface area contributed by atoms with E-state index in [9.17, 15) is 0 Å². The van der Waals surface area contributed by atoms with Crippen LogP contribution in [0.25, 0.3) is 21.8 Å². The minimum absolute atomic E-state index is 0.847. The number of nitrogens with two attached hydrogens (primary N) is 1. The lowest BCUT2D eigenvalue weighted by Gasteiger charge is -2.11. The van der Waals surface area contributed by atoms with Gasteiger partial charge in [0.2, 0.25) is 0 Å². The molecule has 0 saturated heterocycles. The van der Waals surface area contributed by atoms with Crippen molar-refractivity contribution < 1.29 is 0 Å². The Morgan fingerprint density at radius 2 is 1.44 bits per heavy atom. The van der Waals surface area contributed by atoms with E-state index in [1.807, 2.05) is 36.5 Å². The zero-order valence-corrected chi connectivity index (χ0v) is 17.9. The van der Waals surface area contributed by atoms with Crippen LogP contribution in [0.15, 0.2) is 108 Å². The topological polar surface area (TPSA) is 46.5 Å². The number of hydrazine groups is 1. The number of aromatic nitrogens is 1. The molecular weight excluding hydrogens is 392 g/mol. The van der Waals surface area contributed by atoms with E-state index < -0.39 is 0 Å². The van der Waals surface area contributed by atoms with E-state index in [4.69, 9.17) is 5.84 Å². The van der Waals surface area contributed by atoms with Gasteiger partial charge in [-0.1, -0.05) is 72.8 Å². The van der Waals surface area contributed by atoms with E-state index in [2.05, 4.69) is 82.5 Å². The van der Waals surface area contributed by atoms with Crippen LogP contribution in [-0.4, -0.2) is 10.8 Å². The van der Waals surface area contributed by atoms with Crippen molar-refractivity contribution in [1.29, 1.82) is 0 Å². The number of hydrogen-bond donors (Lipinski definition) is 1. The van der Waals surface area contributed by atoms with Crippen LogP contribution >= 0.6 is 0 Å². The zero-order chi connectivity index (χ0) is 21.8. The van der Waals surface area contributed by atoms with Gasteiger partial charge in [0.1, 0.15) is 0 Å². The number of aryl methyl sites for hydroxylation is 2. The molecule has 0 aliphatic carbocycles. The predicted molar refractivity (Wildman–Crippen MR) is 135 cm³/mol. The van der Waals surface area contributed by atoms with Crippen molar-refractivity contribution >= 4 is 33.7 Å². The maximum absolute atomic E-state index is 6.08. The maximum atomic E-state index is 6.08. The normalized spacial score (nSPS) is 11.5. The Labute approximate surface area is 188 Å². The van der Waals surface area contributed by atoms with Gasteiger partial charge in [-0.05, 0) is 54.3 Å². The number of fused-ring (bicyclic) bond motifs is 3. The molecule has 0 fully saturated rings. The molecule has 0 radical (unpaired) electrons. The second kappa shape index (κ2) is 9.08. The molecule has 2 N–H and O–H groups in total. The number of rotatable bonds is 7. The lowest BCUT2D eigenvalue weighted by molar-refractivity contribution is 0.678. The summed E-state index contributed by atoms with van der Waals surface area (Å²) in [5.74, 6) is 6.08. The van der Waals surface area contributed by atoms with E-state index in [0.717, 1.165) is 30.6 Å². The number of nitrogens with zero attached hydrogens (tertiary/aromatic N) is 3. The fourth-order valence-corrected chi connectivity index (χ4v) is 4.25. The van der Waals surface area contributed by atoms with Crippen molar-refractivity contribution in [3.8, 4) is 0 Å². The van der Waals surface area contributed by atoms with E-state index in [-0.39, 0.29) is 0 Å². The van der Waals surface area contributed by atoms with Crippen molar-refractivity contribution in [1.82, 2.24) is 4.57 Å². The molecule has 158 valence electrons. The van der Waals surface area contributed by atoms with Gasteiger partial charge in [0.05, 0.1) is 11.9 Å². The summed E-state index contributed by atoms with van der Waals surface area (Å²) in [6.45, 7) is 0.983. The molecule has 0 aliphatic rings. The minimum Gasteiger partial charge on any atom is -0.340 e. The molecule has 0 unspecified atom stereocenters. The van der Waals surface area contributed by atoms with Crippen LogP contribution in [0, 0.1) is 0 Å². The van der Waals surface area contributed by atoms with Gasteiger partial charge in [0.15, 0.2) is 0 Å². The third-order valence-corrected chi connectivity index (χ3v) is 5.84. The van der Waals surface area contributed by atoms with Gasteiger partial charge in [0.25, 0.3) is 0 Å². The molecule has 0 spiro atoms. The van der Waals surface area contributed by atoms with Crippen molar-refractivity contribution in [2.45, 2.75) is 19.4 Å². The minimum atomic E-state index is 0.847. The number of benzene rings is 4. The molecule has 0 bridgehead atoms. The predicted octanol–water partition coefficient (Wildman–Crippen LogP) is 6.14. The summed E-state index contributed by atoms with van der Waals surface area (Å²) in [6.07, 6.45) is 3.99. The Bertz CT molecular complexity index is 1350. The van der Waals surface area contributed by atoms with E-state index >= 15 is 0 Å². The lowest BCUT2D eigenvalue weighted by Crippen LogP contribution is -2.24. The number of anilines is 1. The molecular formula is C28H26N4. The SMILES string of the molecule is NN(/N=C/c1ccc2c(c1)c1ccccc1n2CCCc1ccccc1)c1ccccc1. The maximum Gasteiger partial charge on any atom is 0.0776 e. The molecule has 5 aromatic rings. The van der Waals surface area contributed by atoms with Crippen LogP contribution in [-0.2, 0) is 13.0 Å². The van der Waals surface area contributed by atoms with Gasteiger partial charge in [-0.2, -0.15) is 10.2 Å².